The van der Waals surface area contributed by atoms with Gasteiger partial charge >= 0.3 is 0 Å². The maximum atomic E-state index is 4.52. The highest BCUT2D eigenvalue weighted by molar-refractivity contribution is 5.48. The fraction of sp³-hybridized carbons (Fsp3) is 0.667. The summed E-state index contributed by atoms with van der Waals surface area (Å²) >= 11 is 0. The second-order valence-electron chi connectivity index (χ2n) is 5.29. The summed E-state index contributed by atoms with van der Waals surface area (Å²) in [5.74, 6) is 0. The first-order valence-electron chi connectivity index (χ1n) is 7.12. The van der Waals surface area contributed by atoms with Gasteiger partial charge in [0.1, 0.15) is 0 Å². The molecule has 100 valence electrons. The molecule has 0 aromatic carbocycles. The van der Waals surface area contributed by atoms with Crippen molar-refractivity contribution < 1.29 is 0 Å². The third-order valence-corrected chi connectivity index (χ3v) is 3.85. The largest absolute Gasteiger partial charge is 0.381 e. The Morgan fingerprint density at radius 3 is 2.83 bits per heavy atom. The first-order chi connectivity index (χ1) is 8.69. The monoisotopic (exact) mass is 247 g/mol. The van der Waals surface area contributed by atoms with E-state index in [1.54, 1.807) is 0 Å². The van der Waals surface area contributed by atoms with Crippen LogP contribution in [0.1, 0.15) is 37.6 Å². The van der Waals surface area contributed by atoms with Crippen LogP contribution in [0.15, 0.2) is 12.1 Å². The molecule has 1 atom stereocenters. The van der Waals surface area contributed by atoms with Crippen LogP contribution in [0, 0.1) is 13.8 Å². The number of pyridine rings is 1. The van der Waals surface area contributed by atoms with Crippen LogP contribution in [0.4, 0.5) is 5.69 Å². The average Bonchev–Trinajstić information content (AvgIpc) is 2.58. The third kappa shape index (κ3) is 3.45. The van der Waals surface area contributed by atoms with Gasteiger partial charge in [-0.25, -0.2) is 0 Å². The molecule has 0 amide bonds. The van der Waals surface area contributed by atoms with Gasteiger partial charge in [0.25, 0.3) is 0 Å². The van der Waals surface area contributed by atoms with Crippen molar-refractivity contribution >= 4 is 5.69 Å². The summed E-state index contributed by atoms with van der Waals surface area (Å²) in [7, 11) is 0. The molecule has 18 heavy (non-hydrogen) atoms. The Labute approximate surface area is 111 Å². The topological polar surface area (TPSA) is 28.2 Å². The molecule has 0 radical (unpaired) electrons. The molecule has 1 saturated heterocycles. The smallest absolute Gasteiger partial charge is 0.0606 e. The minimum absolute atomic E-state index is 0.602. The van der Waals surface area contributed by atoms with Gasteiger partial charge in [-0.1, -0.05) is 6.92 Å². The molecule has 1 aliphatic rings. The summed E-state index contributed by atoms with van der Waals surface area (Å²) in [4.78, 5) is 7.06. The van der Waals surface area contributed by atoms with Crippen LogP contribution in [-0.2, 0) is 0 Å². The molecule has 0 spiro atoms. The van der Waals surface area contributed by atoms with Crippen LogP contribution in [0.5, 0.6) is 0 Å². The van der Waals surface area contributed by atoms with Crippen molar-refractivity contribution in [2.24, 2.45) is 0 Å². The van der Waals surface area contributed by atoms with E-state index >= 15 is 0 Å². The first kappa shape index (κ1) is 13.3. The Hall–Kier alpha value is -1.09. The van der Waals surface area contributed by atoms with Gasteiger partial charge < -0.3 is 10.2 Å². The number of nitrogens with zero attached hydrogens (tertiary/aromatic N) is 2. The van der Waals surface area contributed by atoms with Crippen LogP contribution >= 0.6 is 0 Å². The normalized spacial score (nSPS) is 21.6. The number of nitrogens with one attached hydrogen (secondary N) is 1. The number of rotatable bonds is 3. The van der Waals surface area contributed by atoms with E-state index < -0.39 is 0 Å². The molecule has 0 aliphatic carbocycles. The predicted molar refractivity (Wildman–Crippen MR) is 77.1 cm³/mol. The lowest BCUT2D eigenvalue weighted by molar-refractivity contribution is 0.300. The van der Waals surface area contributed by atoms with Crippen molar-refractivity contribution in [1.82, 2.24) is 9.88 Å². The molecule has 1 fully saturated rings. The minimum atomic E-state index is 0.602. The molecule has 1 N–H and O–H groups in total. The first-order valence-corrected chi connectivity index (χ1v) is 7.12. The van der Waals surface area contributed by atoms with Crippen molar-refractivity contribution in [2.75, 3.05) is 25.0 Å². The summed E-state index contributed by atoms with van der Waals surface area (Å²) in [6, 6.07) is 4.86. The molecular weight excluding hydrogens is 222 g/mol. The van der Waals surface area contributed by atoms with Crippen LogP contribution in [0.2, 0.25) is 0 Å². The molecule has 1 unspecified atom stereocenters. The van der Waals surface area contributed by atoms with Gasteiger partial charge in [-0.15, -0.1) is 0 Å². The SMILES string of the molecule is CCN1CCCC(Nc2ccc(C)nc2C)CC1. The van der Waals surface area contributed by atoms with E-state index in [1.165, 1.54) is 44.6 Å². The maximum absolute atomic E-state index is 4.52. The van der Waals surface area contributed by atoms with Gasteiger partial charge in [0.2, 0.25) is 0 Å². The zero-order valence-electron chi connectivity index (χ0n) is 11.9. The maximum Gasteiger partial charge on any atom is 0.0606 e. The van der Waals surface area contributed by atoms with E-state index in [2.05, 4.69) is 41.2 Å². The van der Waals surface area contributed by atoms with Gasteiger partial charge in [0.15, 0.2) is 0 Å². The van der Waals surface area contributed by atoms with Crippen molar-refractivity contribution in [2.45, 2.75) is 46.1 Å². The molecule has 0 saturated carbocycles. The summed E-state index contributed by atoms with van der Waals surface area (Å²) in [6.07, 6.45) is 3.80. The summed E-state index contributed by atoms with van der Waals surface area (Å²) in [5, 5.41) is 3.67. The summed E-state index contributed by atoms with van der Waals surface area (Å²) in [5.41, 5.74) is 3.42. The molecule has 3 heteroatoms. The fourth-order valence-corrected chi connectivity index (χ4v) is 2.68. The Bertz CT molecular complexity index is 389. The third-order valence-electron chi connectivity index (χ3n) is 3.85. The highest BCUT2D eigenvalue weighted by Gasteiger charge is 2.16. The number of likely N-dealkylation sites (tertiary alicyclic amines) is 1. The lowest BCUT2D eigenvalue weighted by Crippen LogP contribution is -2.26. The standard InChI is InChI=1S/C15H25N3/c1-4-18-10-5-6-14(9-11-18)17-15-8-7-12(2)16-13(15)3/h7-8,14,17H,4-6,9-11H2,1-3H3. The van der Waals surface area contributed by atoms with E-state index in [4.69, 9.17) is 0 Å². The van der Waals surface area contributed by atoms with Crippen molar-refractivity contribution in [1.29, 1.82) is 0 Å². The lowest BCUT2D eigenvalue weighted by atomic mass is 10.1. The van der Waals surface area contributed by atoms with Crippen molar-refractivity contribution in [3.8, 4) is 0 Å². The highest BCUT2D eigenvalue weighted by atomic mass is 15.1. The number of hydrogen-bond acceptors (Lipinski definition) is 3. The lowest BCUT2D eigenvalue weighted by Gasteiger charge is -2.20. The zero-order valence-corrected chi connectivity index (χ0v) is 11.9. The van der Waals surface area contributed by atoms with Gasteiger partial charge in [-0.2, -0.15) is 0 Å². The molecule has 3 nitrogen and oxygen atoms in total. The highest BCUT2D eigenvalue weighted by Crippen LogP contribution is 2.19. The average molecular weight is 247 g/mol. The van der Waals surface area contributed by atoms with Crippen LogP contribution in [-0.4, -0.2) is 35.6 Å². The van der Waals surface area contributed by atoms with Crippen LogP contribution < -0.4 is 5.32 Å². The van der Waals surface area contributed by atoms with Gasteiger partial charge in [-0.3, -0.25) is 4.98 Å². The number of aromatic nitrogens is 1. The van der Waals surface area contributed by atoms with Gasteiger partial charge in [0, 0.05) is 18.3 Å². The summed E-state index contributed by atoms with van der Waals surface area (Å²) < 4.78 is 0. The Kier molecular flexibility index (Phi) is 4.59. The molecular formula is C15H25N3. The number of aryl methyl sites for hydroxylation is 2. The van der Waals surface area contributed by atoms with Crippen molar-refractivity contribution in [3.63, 3.8) is 0 Å². The van der Waals surface area contributed by atoms with E-state index in [0.29, 0.717) is 6.04 Å². The molecule has 1 aromatic rings. The minimum Gasteiger partial charge on any atom is -0.381 e. The molecule has 1 aromatic heterocycles. The Balaban J connectivity index is 1.96. The molecule has 2 heterocycles. The Morgan fingerprint density at radius 2 is 2.11 bits per heavy atom. The zero-order chi connectivity index (χ0) is 13.0. The van der Waals surface area contributed by atoms with E-state index in [-0.39, 0.29) is 0 Å². The second-order valence-corrected chi connectivity index (χ2v) is 5.29. The summed E-state index contributed by atoms with van der Waals surface area (Å²) in [6.45, 7) is 10.0. The van der Waals surface area contributed by atoms with Crippen LogP contribution in [0.25, 0.3) is 0 Å². The predicted octanol–water partition coefficient (Wildman–Crippen LogP) is 2.98. The Morgan fingerprint density at radius 1 is 1.28 bits per heavy atom. The van der Waals surface area contributed by atoms with Crippen molar-refractivity contribution in [3.05, 3.63) is 23.5 Å². The molecule has 1 aliphatic heterocycles. The van der Waals surface area contributed by atoms with E-state index in [9.17, 15) is 0 Å². The quantitative estimate of drug-likeness (QED) is 0.890. The second kappa shape index (κ2) is 6.19. The van der Waals surface area contributed by atoms with Gasteiger partial charge in [0.05, 0.1) is 11.4 Å². The van der Waals surface area contributed by atoms with Crippen LogP contribution in [0.3, 0.4) is 0 Å². The molecule has 0 bridgehead atoms. The molecule has 2 rings (SSSR count). The van der Waals surface area contributed by atoms with E-state index in [1.807, 2.05) is 6.92 Å². The fourth-order valence-electron chi connectivity index (χ4n) is 2.68. The number of anilines is 1. The van der Waals surface area contributed by atoms with Gasteiger partial charge in [-0.05, 0) is 58.3 Å². The number of hydrogen-bond donors (Lipinski definition) is 1. The van der Waals surface area contributed by atoms with E-state index in [0.717, 1.165) is 11.4 Å².